The van der Waals surface area contributed by atoms with Crippen LogP contribution in [0.5, 0.6) is 0 Å². The van der Waals surface area contributed by atoms with Crippen molar-refractivity contribution in [1.29, 1.82) is 0 Å². The average Bonchev–Trinajstić information content (AvgIpc) is 2.69. The van der Waals surface area contributed by atoms with E-state index in [4.69, 9.17) is 0 Å². The number of ether oxygens (including phenoxy) is 1. The molecule has 0 fully saturated rings. The molecule has 0 saturated heterocycles. The van der Waals surface area contributed by atoms with E-state index in [1.165, 1.54) is 19.9 Å². The highest BCUT2D eigenvalue weighted by molar-refractivity contribution is 6.27. The summed E-state index contributed by atoms with van der Waals surface area (Å²) in [6.07, 6.45) is 1.00. The fourth-order valence-electron chi connectivity index (χ4n) is 3.20. The average molecular weight is 402 g/mol. The number of carbonyl (C=O) groups excluding carboxylic acids is 3. The van der Waals surface area contributed by atoms with Crippen LogP contribution < -0.4 is 10.0 Å². The topological polar surface area (TPSA) is 99.4 Å². The summed E-state index contributed by atoms with van der Waals surface area (Å²) in [6, 6.07) is 3.23. The molecule has 1 N–H and O–H groups in total. The molecule has 0 bridgehead atoms. The molecule has 1 heterocycles. The molecule has 0 aliphatic heterocycles. The van der Waals surface area contributed by atoms with Gasteiger partial charge in [0.2, 0.25) is 17.2 Å². The van der Waals surface area contributed by atoms with Crippen LogP contribution >= 0.6 is 0 Å². The zero-order valence-electron chi connectivity index (χ0n) is 15.8. The van der Waals surface area contributed by atoms with E-state index in [9.17, 15) is 28.4 Å². The predicted octanol–water partition coefficient (Wildman–Crippen LogP) is 2.05. The van der Waals surface area contributed by atoms with Gasteiger partial charge in [-0.25, -0.2) is 13.6 Å². The Bertz CT molecular complexity index is 1110. The molecule has 0 amide bonds. The highest BCUT2D eigenvalue weighted by Gasteiger charge is 2.38. The number of Topliss-reactive ketones (excluding diaryl/α,β-unsaturated/α-hetero) is 1. The largest absolute Gasteiger partial charge is 0.618 e. The molecule has 29 heavy (non-hydrogen) atoms. The van der Waals surface area contributed by atoms with E-state index < -0.39 is 29.2 Å². The van der Waals surface area contributed by atoms with E-state index in [0.717, 1.165) is 25.3 Å². The number of hydrogen-bond acceptors (Lipinski definition) is 6. The third-order valence-corrected chi connectivity index (χ3v) is 4.68. The van der Waals surface area contributed by atoms with Crippen molar-refractivity contribution in [2.45, 2.75) is 20.4 Å². The quantitative estimate of drug-likeness (QED) is 0.477. The normalized spacial score (nSPS) is 13.1. The number of pyridine rings is 1. The van der Waals surface area contributed by atoms with Crippen LogP contribution in [0.2, 0.25) is 0 Å². The number of methoxy groups -OCH3 is 1. The molecule has 9 heteroatoms. The highest BCUT2D eigenvalue weighted by Crippen LogP contribution is 2.27. The molecule has 1 aliphatic rings. The lowest BCUT2D eigenvalue weighted by Gasteiger charge is -2.21. The van der Waals surface area contributed by atoms with Crippen LogP contribution in [-0.4, -0.2) is 24.6 Å². The number of rotatable bonds is 4. The van der Waals surface area contributed by atoms with Crippen molar-refractivity contribution < 1.29 is 32.6 Å². The molecule has 150 valence electrons. The van der Waals surface area contributed by atoms with Gasteiger partial charge < -0.3 is 15.3 Å². The number of benzene rings is 1. The molecule has 3 rings (SSSR count). The third-order valence-electron chi connectivity index (χ3n) is 4.68. The first-order chi connectivity index (χ1) is 13.7. The summed E-state index contributed by atoms with van der Waals surface area (Å²) in [5.74, 6) is -4.28. The number of ketones is 2. The number of allylic oxidation sites excluding steroid dienone is 2. The van der Waals surface area contributed by atoms with Gasteiger partial charge in [-0.1, -0.05) is 6.07 Å². The molecule has 0 atom stereocenters. The van der Waals surface area contributed by atoms with Crippen molar-refractivity contribution in [3.63, 3.8) is 0 Å². The number of aromatic nitrogens is 1. The van der Waals surface area contributed by atoms with Gasteiger partial charge in [-0.3, -0.25) is 9.59 Å². The molecular formula is C20H16F2N2O5. The van der Waals surface area contributed by atoms with Crippen molar-refractivity contribution >= 4 is 17.5 Å². The fraction of sp³-hybridized carbons (Fsp3) is 0.200. The summed E-state index contributed by atoms with van der Waals surface area (Å²) in [6.45, 7) is 2.65. The number of halogens is 2. The van der Waals surface area contributed by atoms with Gasteiger partial charge in [0.15, 0.2) is 17.4 Å². The maximum absolute atomic E-state index is 13.3. The molecule has 0 radical (unpaired) electrons. The van der Waals surface area contributed by atoms with Gasteiger partial charge in [0.1, 0.15) is 11.1 Å². The Hall–Kier alpha value is -3.62. The predicted molar refractivity (Wildman–Crippen MR) is 96.2 cm³/mol. The SMILES string of the molecule is COC(=O)c1c2c(c(C)[n+]([O-])c1C)C(=O)C(NCc1ccc(F)c(F)c1)=CC2=O. The molecule has 1 aliphatic carbocycles. The van der Waals surface area contributed by atoms with Crippen LogP contribution in [-0.2, 0) is 11.3 Å². The minimum atomic E-state index is -1.05. The number of nitrogens with zero attached hydrogens (tertiary/aromatic N) is 1. The highest BCUT2D eigenvalue weighted by atomic mass is 19.2. The number of esters is 1. The molecule has 7 nitrogen and oxygen atoms in total. The standard InChI is InChI=1S/C20H16F2N2O5/c1-9-16-18(17(20(27)29-3)10(2)24(9)28)15(25)7-14(19(16)26)23-8-11-4-5-12(21)13(22)6-11/h4-7,23H,8H2,1-3H3. The number of fused-ring (bicyclic) bond motifs is 1. The molecule has 2 aromatic rings. The summed E-state index contributed by atoms with van der Waals surface area (Å²) in [5.41, 5.74) is -0.545. The first-order valence-corrected chi connectivity index (χ1v) is 8.50. The molecule has 0 spiro atoms. The minimum absolute atomic E-state index is 0.0382. The zero-order valence-corrected chi connectivity index (χ0v) is 15.8. The Morgan fingerprint density at radius 3 is 2.45 bits per heavy atom. The Morgan fingerprint density at radius 2 is 1.83 bits per heavy atom. The van der Waals surface area contributed by atoms with E-state index in [1.54, 1.807) is 0 Å². The van der Waals surface area contributed by atoms with Crippen LogP contribution in [0.15, 0.2) is 30.0 Å². The Kier molecular flexibility index (Phi) is 5.15. The number of nitrogens with one attached hydrogen (secondary N) is 1. The van der Waals surface area contributed by atoms with Crippen LogP contribution in [0.3, 0.4) is 0 Å². The molecule has 1 aromatic carbocycles. The van der Waals surface area contributed by atoms with Crippen LogP contribution in [0, 0.1) is 30.7 Å². The summed E-state index contributed by atoms with van der Waals surface area (Å²) in [4.78, 5) is 37.8. The molecule has 1 aromatic heterocycles. The van der Waals surface area contributed by atoms with Crippen molar-refractivity contribution in [2.75, 3.05) is 7.11 Å². The second-order valence-electron chi connectivity index (χ2n) is 6.44. The maximum atomic E-state index is 13.3. The number of hydrogen-bond donors (Lipinski definition) is 1. The van der Waals surface area contributed by atoms with Gasteiger partial charge in [0.05, 0.1) is 18.4 Å². The van der Waals surface area contributed by atoms with Crippen LogP contribution in [0.1, 0.15) is 48.0 Å². The first kappa shape index (κ1) is 20.1. The van der Waals surface area contributed by atoms with E-state index in [1.807, 2.05) is 0 Å². The van der Waals surface area contributed by atoms with Gasteiger partial charge in [0, 0.05) is 26.5 Å². The summed E-state index contributed by atoms with van der Waals surface area (Å²) >= 11 is 0. The second kappa shape index (κ2) is 7.42. The Morgan fingerprint density at radius 1 is 1.14 bits per heavy atom. The van der Waals surface area contributed by atoms with Gasteiger partial charge in [0.25, 0.3) is 0 Å². The maximum Gasteiger partial charge on any atom is 0.345 e. The Balaban J connectivity index is 2.02. The summed E-state index contributed by atoms with van der Waals surface area (Å²) < 4.78 is 31.4. The molecule has 0 unspecified atom stereocenters. The minimum Gasteiger partial charge on any atom is -0.618 e. The monoisotopic (exact) mass is 402 g/mol. The summed E-state index contributed by atoms with van der Waals surface area (Å²) in [7, 11) is 1.10. The first-order valence-electron chi connectivity index (χ1n) is 8.50. The van der Waals surface area contributed by atoms with Gasteiger partial charge in [-0.05, 0) is 17.7 Å². The fourth-order valence-corrected chi connectivity index (χ4v) is 3.20. The second-order valence-corrected chi connectivity index (χ2v) is 6.44. The molecule has 0 saturated carbocycles. The van der Waals surface area contributed by atoms with Gasteiger partial charge in [-0.2, -0.15) is 4.73 Å². The van der Waals surface area contributed by atoms with Crippen LogP contribution in [0.4, 0.5) is 8.78 Å². The van der Waals surface area contributed by atoms with Crippen molar-refractivity contribution in [1.82, 2.24) is 5.32 Å². The smallest absolute Gasteiger partial charge is 0.345 e. The lowest BCUT2D eigenvalue weighted by molar-refractivity contribution is -0.619. The third kappa shape index (κ3) is 3.35. The van der Waals surface area contributed by atoms with E-state index in [0.29, 0.717) is 10.3 Å². The van der Waals surface area contributed by atoms with Crippen molar-refractivity contribution in [2.24, 2.45) is 0 Å². The van der Waals surface area contributed by atoms with Crippen molar-refractivity contribution in [3.05, 3.63) is 80.5 Å². The van der Waals surface area contributed by atoms with E-state index in [-0.39, 0.29) is 40.3 Å². The lowest BCUT2D eigenvalue weighted by Crippen LogP contribution is -2.42. The van der Waals surface area contributed by atoms with Gasteiger partial charge >= 0.3 is 5.97 Å². The molecular weight excluding hydrogens is 386 g/mol. The van der Waals surface area contributed by atoms with Gasteiger partial charge in [-0.15, -0.1) is 0 Å². The van der Waals surface area contributed by atoms with Crippen molar-refractivity contribution in [3.8, 4) is 0 Å². The lowest BCUT2D eigenvalue weighted by atomic mass is 9.87. The van der Waals surface area contributed by atoms with Crippen LogP contribution in [0.25, 0.3) is 0 Å². The number of carbonyl (C=O) groups is 3. The van der Waals surface area contributed by atoms with E-state index in [2.05, 4.69) is 10.1 Å². The van der Waals surface area contributed by atoms with E-state index >= 15 is 0 Å². The zero-order chi connectivity index (χ0) is 21.5. The Labute approximate surface area is 164 Å². The summed E-state index contributed by atoms with van der Waals surface area (Å²) in [5, 5.41) is 15.1.